The first kappa shape index (κ1) is 12.4. The zero-order chi connectivity index (χ0) is 13.2. The van der Waals surface area contributed by atoms with Crippen LogP contribution in [-0.2, 0) is 0 Å². The lowest BCUT2D eigenvalue weighted by Gasteiger charge is -2.58. The van der Waals surface area contributed by atoms with Gasteiger partial charge in [0.05, 0.1) is 6.10 Å². The highest BCUT2D eigenvalue weighted by Crippen LogP contribution is 2.64. The minimum absolute atomic E-state index is 0.195. The van der Waals surface area contributed by atoms with Crippen LogP contribution in [0, 0.1) is 37.0 Å². The normalized spacial score (nSPS) is 41.7. The van der Waals surface area contributed by atoms with Gasteiger partial charge in [0.1, 0.15) is 0 Å². The van der Waals surface area contributed by atoms with E-state index < -0.39 is 0 Å². The minimum atomic E-state index is -0.195. The molecule has 2 heteroatoms. The lowest BCUT2D eigenvalue weighted by atomic mass is 9.48. The molecule has 1 aromatic rings. The third-order valence-corrected chi connectivity index (χ3v) is 7.20. The Bertz CT molecular complexity index is 466. The topological polar surface area (TPSA) is 20.2 Å². The number of rotatable bonds is 2. The molecule has 1 heterocycles. The zero-order valence-corrected chi connectivity index (χ0v) is 12.8. The van der Waals surface area contributed by atoms with Crippen LogP contribution >= 0.6 is 11.3 Å². The predicted molar refractivity (Wildman–Crippen MR) is 79.4 cm³/mol. The zero-order valence-electron chi connectivity index (χ0n) is 12.0. The number of aryl methyl sites for hydroxylation is 2. The summed E-state index contributed by atoms with van der Waals surface area (Å²) in [6, 6.07) is 2.24. The van der Waals surface area contributed by atoms with Crippen LogP contribution in [0.5, 0.6) is 0 Å². The van der Waals surface area contributed by atoms with Crippen molar-refractivity contribution in [2.24, 2.45) is 23.2 Å². The quantitative estimate of drug-likeness (QED) is 0.836. The number of thiophene rings is 1. The Kier molecular flexibility index (Phi) is 2.66. The van der Waals surface area contributed by atoms with Crippen LogP contribution in [0.4, 0.5) is 0 Å². The van der Waals surface area contributed by atoms with Crippen LogP contribution in [-0.4, -0.2) is 5.11 Å². The summed E-state index contributed by atoms with van der Waals surface area (Å²) in [6.07, 6.45) is 8.03. The molecule has 0 radical (unpaired) electrons. The minimum Gasteiger partial charge on any atom is -0.387 e. The van der Waals surface area contributed by atoms with Crippen molar-refractivity contribution in [2.45, 2.75) is 58.5 Å². The summed E-state index contributed by atoms with van der Waals surface area (Å²) in [5.74, 6) is 2.76. The molecule has 5 rings (SSSR count). The Labute approximate surface area is 120 Å². The summed E-state index contributed by atoms with van der Waals surface area (Å²) in [6.45, 7) is 4.33. The first-order chi connectivity index (χ1) is 9.06. The molecular weight excluding hydrogens is 252 g/mol. The van der Waals surface area contributed by atoms with Gasteiger partial charge in [-0.3, -0.25) is 0 Å². The molecule has 0 saturated heterocycles. The number of hydrogen-bond donors (Lipinski definition) is 1. The van der Waals surface area contributed by atoms with Gasteiger partial charge in [-0.15, -0.1) is 11.3 Å². The fourth-order valence-corrected chi connectivity index (χ4v) is 6.89. The Morgan fingerprint density at radius 1 is 1.11 bits per heavy atom. The highest BCUT2D eigenvalue weighted by atomic mass is 32.1. The van der Waals surface area contributed by atoms with Crippen LogP contribution in [0.2, 0.25) is 0 Å². The molecule has 0 spiro atoms. The van der Waals surface area contributed by atoms with Crippen LogP contribution in [0.3, 0.4) is 0 Å². The SMILES string of the molecule is Cc1cc(C)c(C(O)C23CC4CC(CC(C4)C2)C3)s1. The first-order valence-corrected chi connectivity index (χ1v) is 8.62. The standard InChI is InChI=1S/C17H24OS/c1-10-3-11(2)19-15(10)16(18)17-7-12-4-13(8-17)6-14(5-12)9-17/h3,12-14,16,18H,4-9H2,1-2H3. The van der Waals surface area contributed by atoms with E-state index >= 15 is 0 Å². The van der Waals surface area contributed by atoms with E-state index in [1.54, 1.807) is 0 Å². The van der Waals surface area contributed by atoms with Crippen molar-refractivity contribution in [1.29, 1.82) is 0 Å². The molecule has 0 aromatic carbocycles. The number of aliphatic hydroxyl groups excluding tert-OH is 1. The molecule has 104 valence electrons. The number of hydrogen-bond acceptors (Lipinski definition) is 2. The molecule has 4 fully saturated rings. The lowest BCUT2D eigenvalue weighted by molar-refractivity contribution is -0.121. The van der Waals surface area contributed by atoms with Crippen molar-refractivity contribution < 1.29 is 5.11 Å². The molecule has 1 N–H and O–H groups in total. The molecule has 19 heavy (non-hydrogen) atoms. The lowest BCUT2D eigenvalue weighted by Crippen LogP contribution is -2.48. The van der Waals surface area contributed by atoms with Gasteiger partial charge in [-0.1, -0.05) is 0 Å². The maximum absolute atomic E-state index is 11.1. The summed E-state index contributed by atoms with van der Waals surface area (Å²) in [7, 11) is 0. The predicted octanol–water partition coefficient (Wildman–Crippen LogP) is 4.61. The molecule has 1 nitrogen and oxygen atoms in total. The average molecular weight is 276 g/mol. The van der Waals surface area contributed by atoms with Crippen molar-refractivity contribution >= 4 is 11.3 Å². The van der Waals surface area contributed by atoms with Crippen LogP contribution < -0.4 is 0 Å². The van der Waals surface area contributed by atoms with Gasteiger partial charge in [0.2, 0.25) is 0 Å². The van der Waals surface area contributed by atoms with Gasteiger partial charge >= 0.3 is 0 Å². The van der Waals surface area contributed by atoms with E-state index in [1.807, 2.05) is 11.3 Å². The van der Waals surface area contributed by atoms with E-state index in [0.717, 1.165) is 17.8 Å². The molecule has 4 aliphatic rings. The smallest absolute Gasteiger partial charge is 0.0940 e. The Hall–Kier alpha value is -0.340. The fourth-order valence-electron chi connectivity index (χ4n) is 5.72. The molecule has 4 bridgehead atoms. The van der Waals surface area contributed by atoms with E-state index in [2.05, 4.69) is 19.9 Å². The molecule has 1 unspecified atom stereocenters. The highest BCUT2D eigenvalue weighted by molar-refractivity contribution is 7.12. The number of aliphatic hydroxyl groups is 1. The average Bonchev–Trinajstić information content (AvgIpc) is 2.65. The molecule has 0 amide bonds. The summed E-state index contributed by atoms with van der Waals surface area (Å²) in [5.41, 5.74) is 1.54. The van der Waals surface area contributed by atoms with Crippen LogP contribution in [0.15, 0.2) is 6.07 Å². The van der Waals surface area contributed by atoms with Crippen LogP contribution in [0.25, 0.3) is 0 Å². The van der Waals surface area contributed by atoms with E-state index in [4.69, 9.17) is 0 Å². The van der Waals surface area contributed by atoms with Crippen LogP contribution in [0.1, 0.15) is 59.9 Å². The summed E-state index contributed by atoms with van der Waals surface area (Å²) in [5, 5.41) is 11.1. The third kappa shape index (κ3) is 1.83. The van der Waals surface area contributed by atoms with Gasteiger partial charge in [-0.25, -0.2) is 0 Å². The van der Waals surface area contributed by atoms with Gasteiger partial charge in [0, 0.05) is 15.2 Å². The molecular formula is C17H24OS. The van der Waals surface area contributed by atoms with Crippen molar-refractivity contribution in [2.75, 3.05) is 0 Å². The first-order valence-electron chi connectivity index (χ1n) is 7.81. The fraction of sp³-hybridized carbons (Fsp3) is 0.765. The maximum Gasteiger partial charge on any atom is 0.0940 e. The Balaban J connectivity index is 1.69. The van der Waals surface area contributed by atoms with E-state index in [-0.39, 0.29) is 11.5 Å². The maximum atomic E-state index is 11.1. The van der Waals surface area contributed by atoms with Crippen molar-refractivity contribution in [3.05, 3.63) is 21.4 Å². The van der Waals surface area contributed by atoms with Gasteiger partial charge in [0.15, 0.2) is 0 Å². The van der Waals surface area contributed by atoms with Gasteiger partial charge in [0.25, 0.3) is 0 Å². The Morgan fingerprint density at radius 3 is 2.05 bits per heavy atom. The Morgan fingerprint density at radius 2 is 1.63 bits per heavy atom. The summed E-state index contributed by atoms with van der Waals surface area (Å²) < 4.78 is 0. The highest BCUT2D eigenvalue weighted by Gasteiger charge is 2.54. The van der Waals surface area contributed by atoms with Gasteiger partial charge in [-0.05, 0) is 81.8 Å². The van der Waals surface area contributed by atoms with Gasteiger partial charge < -0.3 is 5.11 Å². The molecule has 1 aromatic heterocycles. The van der Waals surface area contributed by atoms with E-state index in [1.165, 1.54) is 53.8 Å². The summed E-state index contributed by atoms with van der Waals surface area (Å²) >= 11 is 1.82. The van der Waals surface area contributed by atoms with Crippen molar-refractivity contribution in [3.8, 4) is 0 Å². The second kappa shape index (κ2) is 4.08. The van der Waals surface area contributed by atoms with Gasteiger partial charge in [-0.2, -0.15) is 0 Å². The second-order valence-electron chi connectivity index (χ2n) is 7.59. The molecule has 1 atom stereocenters. The largest absolute Gasteiger partial charge is 0.387 e. The van der Waals surface area contributed by atoms with E-state index in [0.29, 0.717) is 0 Å². The van der Waals surface area contributed by atoms with Crippen molar-refractivity contribution in [1.82, 2.24) is 0 Å². The van der Waals surface area contributed by atoms with Crippen molar-refractivity contribution in [3.63, 3.8) is 0 Å². The molecule has 4 saturated carbocycles. The molecule has 0 aliphatic heterocycles. The summed E-state index contributed by atoms with van der Waals surface area (Å²) in [4.78, 5) is 2.61. The van der Waals surface area contributed by atoms with E-state index in [9.17, 15) is 5.11 Å². The third-order valence-electron chi connectivity index (χ3n) is 5.99. The molecule has 4 aliphatic carbocycles. The monoisotopic (exact) mass is 276 g/mol. The second-order valence-corrected chi connectivity index (χ2v) is 8.87.